The Bertz CT molecular complexity index is 1280. The van der Waals surface area contributed by atoms with Gasteiger partial charge in [-0.05, 0) is 61.1 Å². The highest BCUT2D eigenvalue weighted by molar-refractivity contribution is 5.85. The van der Waals surface area contributed by atoms with Crippen molar-refractivity contribution in [3.05, 3.63) is 82.8 Å². The van der Waals surface area contributed by atoms with Gasteiger partial charge in [-0.2, -0.15) is 0 Å². The fourth-order valence-corrected chi connectivity index (χ4v) is 4.46. The first-order valence-corrected chi connectivity index (χ1v) is 10.7. The Morgan fingerprint density at radius 2 is 2.00 bits per heavy atom. The average molecular weight is 434 g/mol. The number of nitrogens with zero attached hydrogens (tertiary/aromatic N) is 1. The summed E-state index contributed by atoms with van der Waals surface area (Å²) >= 11 is 0. The van der Waals surface area contributed by atoms with Gasteiger partial charge in [0.2, 0.25) is 0 Å². The zero-order chi connectivity index (χ0) is 22.2. The number of hydrogen-bond acceptors (Lipinski definition) is 4. The topological polar surface area (TPSA) is 73.0 Å². The molecule has 2 aromatic carbocycles. The molecule has 1 unspecified atom stereocenters. The van der Waals surface area contributed by atoms with Crippen LogP contribution in [-0.4, -0.2) is 21.6 Å². The van der Waals surface area contributed by atoms with Crippen molar-refractivity contribution < 1.29 is 13.9 Å². The first-order valence-electron chi connectivity index (χ1n) is 10.7. The molecule has 0 radical (unpaired) electrons. The lowest BCUT2D eigenvalue weighted by Gasteiger charge is -2.14. The summed E-state index contributed by atoms with van der Waals surface area (Å²) in [6, 6.07) is 10.4. The van der Waals surface area contributed by atoms with Crippen LogP contribution in [0.2, 0.25) is 0 Å². The van der Waals surface area contributed by atoms with Crippen molar-refractivity contribution in [1.29, 1.82) is 0 Å². The van der Waals surface area contributed by atoms with Gasteiger partial charge < -0.3 is 20.7 Å². The van der Waals surface area contributed by atoms with E-state index in [1.165, 1.54) is 12.1 Å². The Labute approximate surface area is 184 Å². The predicted octanol–water partition coefficient (Wildman–Crippen LogP) is 5.53. The molecule has 164 valence electrons. The Kier molecular flexibility index (Phi) is 5.27. The second-order valence-corrected chi connectivity index (χ2v) is 8.20. The zero-order valence-electron chi connectivity index (χ0n) is 17.7. The van der Waals surface area contributed by atoms with Gasteiger partial charge in [0.05, 0.1) is 11.8 Å². The number of aryl methyl sites for hydroxylation is 1. The van der Waals surface area contributed by atoms with E-state index in [0.29, 0.717) is 42.9 Å². The third-order valence-corrected chi connectivity index (χ3v) is 6.10. The van der Waals surface area contributed by atoms with Crippen molar-refractivity contribution >= 4 is 28.0 Å². The summed E-state index contributed by atoms with van der Waals surface area (Å²) in [6.07, 6.45) is 4.85. The highest BCUT2D eigenvalue weighted by Crippen LogP contribution is 2.35. The standard InChI is InChI=1S/C25H24F2N4O/c1-14-3-2-4-17-15(13-30-23(14)17)7-9-29-25-19(26)11-16(12-20(25)27)31-21-8-10-28-24-18(21)5-6-22(24)32/h2-4,8,10-13,22,29-30,32H,5-7,9H2,1H3,(H,28,31). The summed E-state index contributed by atoms with van der Waals surface area (Å²) in [5.74, 6) is -1.32. The van der Waals surface area contributed by atoms with Crippen LogP contribution in [0.5, 0.6) is 0 Å². The van der Waals surface area contributed by atoms with E-state index in [9.17, 15) is 13.9 Å². The summed E-state index contributed by atoms with van der Waals surface area (Å²) in [7, 11) is 0. The Morgan fingerprint density at radius 1 is 1.19 bits per heavy atom. The maximum absolute atomic E-state index is 14.7. The van der Waals surface area contributed by atoms with Crippen molar-refractivity contribution in [2.45, 2.75) is 32.3 Å². The van der Waals surface area contributed by atoms with Crippen LogP contribution in [0.4, 0.5) is 25.8 Å². The number of aromatic amines is 1. The van der Waals surface area contributed by atoms with Crippen molar-refractivity contribution in [3.8, 4) is 0 Å². The monoisotopic (exact) mass is 434 g/mol. The van der Waals surface area contributed by atoms with Crippen LogP contribution in [0.15, 0.2) is 48.8 Å². The summed E-state index contributed by atoms with van der Waals surface area (Å²) < 4.78 is 29.4. The van der Waals surface area contributed by atoms with Crippen LogP contribution in [0, 0.1) is 18.6 Å². The number of halogens is 2. The Balaban J connectivity index is 1.30. The van der Waals surface area contributed by atoms with E-state index in [2.05, 4.69) is 20.6 Å². The maximum Gasteiger partial charge on any atom is 0.151 e. The molecular weight excluding hydrogens is 410 g/mol. The molecule has 0 fully saturated rings. The molecule has 2 aromatic heterocycles. The number of benzene rings is 2. The number of aromatic nitrogens is 2. The van der Waals surface area contributed by atoms with Crippen LogP contribution >= 0.6 is 0 Å². The first-order chi connectivity index (χ1) is 15.5. The lowest BCUT2D eigenvalue weighted by molar-refractivity contribution is 0.176. The summed E-state index contributed by atoms with van der Waals surface area (Å²) in [6.45, 7) is 2.45. The lowest BCUT2D eigenvalue weighted by Crippen LogP contribution is -2.09. The largest absolute Gasteiger partial charge is 0.387 e. The normalized spacial score (nSPS) is 15.2. The van der Waals surface area contributed by atoms with Crippen LogP contribution in [0.3, 0.4) is 0 Å². The summed E-state index contributed by atoms with van der Waals surface area (Å²) in [5, 5.41) is 17.1. The molecule has 7 heteroatoms. The number of anilines is 3. The molecule has 32 heavy (non-hydrogen) atoms. The lowest BCUT2D eigenvalue weighted by atomic mass is 10.1. The molecule has 5 nitrogen and oxygen atoms in total. The van der Waals surface area contributed by atoms with Gasteiger partial charge in [-0.15, -0.1) is 0 Å². The van der Waals surface area contributed by atoms with Crippen LogP contribution in [-0.2, 0) is 12.8 Å². The minimum atomic E-state index is -0.659. The van der Waals surface area contributed by atoms with Crippen molar-refractivity contribution in [3.63, 3.8) is 0 Å². The Hall–Kier alpha value is -3.45. The average Bonchev–Trinajstić information content (AvgIpc) is 3.35. The molecule has 2 heterocycles. The van der Waals surface area contributed by atoms with E-state index in [0.717, 1.165) is 27.6 Å². The third-order valence-electron chi connectivity index (χ3n) is 6.10. The minimum Gasteiger partial charge on any atom is -0.387 e. The zero-order valence-corrected chi connectivity index (χ0v) is 17.7. The summed E-state index contributed by atoms with van der Waals surface area (Å²) in [4.78, 5) is 7.49. The van der Waals surface area contributed by atoms with Gasteiger partial charge in [0, 0.05) is 41.2 Å². The number of hydrogen-bond donors (Lipinski definition) is 4. The molecule has 0 saturated heterocycles. The van der Waals surface area contributed by atoms with E-state index < -0.39 is 17.7 Å². The van der Waals surface area contributed by atoms with Gasteiger partial charge >= 0.3 is 0 Å². The molecular formula is C25H24F2N4O. The number of rotatable bonds is 6. The highest BCUT2D eigenvalue weighted by atomic mass is 19.1. The van der Waals surface area contributed by atoms with E-state index in [4.69, 9.17) is 0 Å². The number of H-pyrrole nitrogens is 1. The molecule has 0 spiro atoms. The number of pyridine rings is 1. The molecule has 1 atom stereocenters. The maximum atomic E-state index is 14.7. The molecule has 1 aliphatic rings. The molecule has 4 N–H and O–H groups in total. The summed E-state index contributed by atoms with van der Waals surface area (Å²) in [5.41, 5.74) is 5.75. The number of para-hydroxylation sites is 1. The third kappa shape index (κ3) is 3.69. The van der Waals surface area contributed by atoms with E-state index in [1.54, 1.807) is 12.3 Å². The first kappa shape index (κ1) is 20.5. The fraction of sp³-hybridized carbons (Fsp3) is 0.240. The van der Waals surface area contributed by atoms with Crippen LogP contribution in [0.25, 0.3) is 10.9 Å². The SMILES string of the molecule is Cc1cccc2c(CCNc3c(F)cc(Nc4ccnc5c4CCC5O)cc3F)c[nH]c12. The number of aliphatic hydroxyl groups excluding tert-OH is 1. The molecule has 4 aromatic rings. The number of nitrogens with one attached hydrogen (secondary N) is 3. The van der Waals surface area contributed by atoms with Crippen molar-refractivity contribution in [2.75, 3.05) is 17.2 Å². The molecule has 5 rings (SSSR count). The van der Waals surface area contributed by atoms with Gasteiger partial charge in [-0.25, -0.2) is 8.78 Å². The second-order valence-electron chi connectivity index (χ2n) is 8.20. The van der Waals surface area contributed by atoms with E-state index in [-0.39, 0.29) is 5.69 Å². The van der Waals surface area contributed by atoms with Gasteiger partial charge in [0.25, 0.3) is 0 Å². The predicted molar refractivity (Wildman–Crippen MR) is 122 cm³/mol. The molecule has 0 aliphatic heterocycles. The second kappa shape index (κ2) is 8.24. The number of fused-ring (bicyclic) bond motifs is 2. The highest BCUT2D eigenvalue weighted by Gasteiger charge is 2.24. The van der Waals surface area contributed by atoms with E-state index >= 15 is 0 Å². The van der Waals surface area contributed by atoms with Gasteiger partial charge in [-0.3, -0.25) is 4.98 Å². The van der Waals surface area contributed by atoms with Crippen LogP contribution in [0.1, 0.15) is 34.9 Å². The fourth-order valence-electron chi connectivity index (χ4n) is 4.46. The van der Waals surface area contributed by atoms with E-state index in [1.807, 2.05) is 31.3 Å². The smallest absolute Gasteiger partial charge is 0.151 e. The number of aliphatic hydroxyl groups is 1. The molecule has 0 bridgehead atoms. The van der Waals surface area contributed by atoms with Gasteiger partial charge in [0.1, 0.15) is 5.69 Å². The van der Waals surface area contributed by atoms with Crippen molar-refractivity contribution in [1.82, 2.24) is 9.97 Å². The quantitative estimate of drug-likeness (QED) is 0.322. The van der Waals surface area contributed by atoms with Gasteiger partial charge in [-0.1, -0.05) is 18.2 Å². The Morgan fingerprint density at radius 3 is 2.81 bits per heavy atom. The van der Waals surface area contributed by atoms with Crippen LogP contribution < -0.4 is 10.6 Å². The molecule has 0 amide bonds. The molecule has 0 saturated carbocycles. The van der Waals surface area contributed by atoms with Gasteiger partial charge in [0.15, 0.2) is 11.6 Å². The van der Waals surface area contributed by atoms with Crippen molar-refractivity contribution in [2.24, 2.45) is 0 Å². The minimum absolute atomic E-state index is 0.137. The molecule has 1 aliphatic carbocycles.